The van der Waals surface area contributed by atoms with Gasteiger partial charge in [-0.2, -0.15) is 5.10 Å². The van der Waals surface area contributed by atoms with Gasteiger partial charge in [0.2, 0.25) is 0 Å². The van der Waals surface area contributed by atoms with Crippen molar-refractivity contribution in [2.24, 2.45) is 0 Å². The van der Waals surface area contributed by atoms with Crippen molar-refractivity contribution in [3.8, 4) is 11.3 Å². The van der Waals surface area contributed by atoms with Crippen molar-refractivity contribution in [3.63, 3.8) is 0 Å². The van der Waals surface area contributed by atoms with Crippen LogP contribution in [-0.2, 0) is 0 Å². The zero-order chi connectivity index (χ0) is 14.8. The molecule has 1 N–H and O–H groups in total. The third kappa shape index (κ3) is 2.58. The third-order valence-corrected chi connectivity index (χ3v) is 3.12. The van der Waals surface area contributed by atoms with E-state index in [-0.39, 0.29) is 11.6 Å². The lowest BCUT2D eigenvalue weighted by atomic mass is 10.0. The number of hydrogen-bond donors (Lipinski definition) is 1. The molecular formula is C16H10F2N2O. The van der Waals surface area contributed by atoms with E-state index in [0.717, 1.165) is 0 Å². The van der Waals surface area contributed by atoms with Gasteiger partial charge in [0.25, 0.3) is 0 Å². The number of nitrogens with zero attached hydrogens (tertiary/aromatic N) is 1. The molecule has 0 spiro atoms. The van der Waals surface area contributed by atoms with Crippen LogP contribution in [0.1, 0.15) is 15.9 Å². The molecule has 104 valence electrons. The maximum Gasteiger partial charge on any atom is 0.196 e. The fourth-order valence-electron chi connectivity index (χ4n) is 2.05. The van der Waals surface area contributed by atoms with E-state index in [1.807, 2.05) is 0 Å². The Morgan fingerprint density at radius 3 is 2.10 bits per heavy atom. The number of nitrogens with one attached hydrogen (secondary N) is 1. The minimum atomic E-state index is -0.405. The summed E-state index contributed by atoms with van der Waals surface area (Å²) >= 11 is 0. The summed E-state index contributed by atoms with van der Waals surface area (Å²) in [6.45, 7) is 0. The highest BCUT2D eigenvalue weighted by molar-refractivity contribution is 6.12. The molecule has 0 saturated heterocycles. The van der Waals surface area contributed by atoms with E-state index < -0.39 is 5.82 Å². The highest BCUT2D eigenvalue weighted by atomic mass is 19.1. The van der Waals surface area contributed by atoms with Crippen LogP contribution in [0.25, 0.3) is 11.3 Å². The molecule has 3 nitrogen and oxygen atoms in total. The van der Waals surface area contributed by atoms with E-state index in [1.165, 1.54) is 42.6 Å². The topological polar surface area (TPSA) is 45.8 Å². The Bertz CT molecular complexity index is 777. The number of halogens is 2. The predicted molar refractivity (Wildman–Crippen MR) is 73.8 cm³/mol. The van der Waals surface area contributed by atoms with Crippen LogP contribution >= 0.6 is 0 Å². The normalized spacial score (nSPS) is 10.6. The zero-order valence-corrected chi connectivity index (χ0v) is 10.8. The van der Waals surface area contributed by atoms with Gasteiger partial charge in [0, 0.05) is 11.1 Å². The molecule has 1 aromatic heterocycles. The Morgan fingerprint density at radius 1 is 0.905 bits per heavy atom. The molecule has 2 aromatic carbocycles. The van der Waals surface area contributed by atoms with Crippen molar-refractivity contribution in [3.05, 3.63) is 77.5 Å². The van der Waals surface area contributed by atoms with Crippen LogP contribution < -0.4 is 0 Å². The molecule has 3 rings (SSSR count). The van der Waals surface area contributed by atoms with Crippen molar-refractivity contribution in [1.82, 2.24) is 10.2 Å². The molecule has 5 heteroatoms. The number of benzene rings is 2. The molecule has 0 saturated carbocycles. The number of ketones is 1. The molecule has 0 atom stereocenters. The van der Waals surface area contributed by atoms with Gasteiger partial charge in [0.1, 0.15) is 11.6 Å². The standard InChI is InChI=1S/C16H10F2N2O/c17-12-5-1-10(2-6-12)15-14(9-19-20-15)16(21)11-3-7-13(18)8-4-11/h1-9H,(H,19,20). The lowest BCUT2D eigenvalue weighted by molar-refractivity contribution is 0.103. The van der Waals surface area contributed by atoms with Gasteiger partial charge in [0.05, 0.1) is 17.5 Å². The number of hydrogen-bond acceptors (Lipinski definition) is 2. The quantitative estimate of drug-likeness (QED) is 0.747. The van der Waals surface area contributed by atoms with E-state index >= 15 is 0 Å². The monoisotopic (exact) mass is 284 g/mol. The van der Waals surface area contributed by atoms with Crippen LogP contribution in [0.2, 0.25) is 0 Å². The number of carbonyl (C=O) groups is 1. The number of aromatic amines is 1. The SMILES string of the molecule is O=C(c1ccc(F)cc1)c1cn[nH]c1-c1ccc(F)cc1. The molecule has 0 amide bonds. The third-order valence-electron chi connectivity index (χ3n) is 3.12. The summed E-state index contributed by atoms with van der Waals surface area (Å²) in [4.78, 5) is 12.4. The van der Waals surface area contributed by atoms with Gasteiger partial charge in [-0.1, -0.05) is 0 Å². The Kier molecular flexibility index (Phi) is 3.31. The Labute approximate surface area is 119 Å². The Hall–Kier alpha value is -2.82. The van der Waals surface area contributed by atoms with E-state index in [2.05, 4.69) is 10.2 Å². The van der Waals surface area contributed by atoms with Crippen molar-refractivity contribution < 1.29 is 13.6 Å². The summed E-state index contributed by atoms with van der Waals surface area (Å²) in [6, 6.07) is 11.0. The van der Waals surface area contributed by atoms with E-state index in [0.29, 0.717) is 22.4 Å². The molecule has 0 bridgehead atoms. The molecule has 0 radical (unpaired) electrons. The number of aromatic nitrogens is 2. The van der Waals surface area contributed by atoms with Crippen LogP contribution in [0, 0.1) is 11.6 Å². The van der Waals surface area contributed by atoms with Gasteiger partial charge < -0.3 is 0 Å². The van der Waals surface area contributed by atoms with Crippen LogP contribution in [0.5, 0.6) is 0 Å². The second kappa shape index (κ2) is 5.28. The summed E-state index contributed by atoms with van der Waals surface area (Å²) in [6.07, 6.45) is 1.41. The van der Waals surface area contributed by atoms with Gasteiger partial charge in [-0.3, -0.25) is 9.89 Å². The summed E-state index contributed by atoms with van der Waals surface area (Å²) < 4.78 is 25.9. The highest BCUT2D eigenvalue weighted by Gasteiger charge is 2.17. The first-order valence-corrected chi connectivity index (χ1v) is 6.25. The fraction of sp³-hybridized carbons (Fsp3) is 0. The molecule has 0 aliphatic heterocycles. The zero-order valence-electron chi connectivity index (χ0n) is 10.8. The molecule has 3 aromatic rings. The van der Waals surface area contributed by atoms with E-state index in [1.54, 1.807) is 12.1 Å². The average Bonchev–Trinajstić information content (AvgIpc) is 2.97. The predicted octanol–water partition coefficient (Wildman–Crippen LogP) is 3.59. The minimum Gasteiger partial charge on any atom is -0.288 e. The molecule has 0 aliphatic carbocycles. The second-order valence-electron chi connectivity index (χ2n) is 4.50. The lowest BCUT2D eigenvalue weighted by Gasteiger charge is -2.03. The summed E-state index contributed by atoms with van der Waals surface area (Å²) in [5, 5.41) is 6.61. The van der Waals surface area contributed by atoms with Crippen LogP contribution in [0.15, 0.2) is 54.7 Å². The first-order valence-electron chi connectivity index (χ1n) is 6.25. The highest BCUT2D eigenvalue weighted by Crippen LogP contribution is 2.23. The number of rotatable bonds is 3. The summed E-state index contributed by atoms with van der Waals surface area (Å²) in [7, 11) is 0. The van der Waals surface area contributed by atoms with Crippen LogP contribution in [0.4, 0.5) is 8.78 Å². The molecular weight excluding hydrogens is 274 g/mol. The van der Waals surface area contributed by atoms with Crippen molar-refractivity contribution in [1.29, 1.82) is 0 Å². The lowest BCUT2D eigenvalue weighted by Crippen LogP contribution is -2.02. The van der Waals surface area contributed by atoms with E-state index in [9.17, 15) is 13.6 Å². The number of H-pyrrole nitrogens is 1. The summed E-state index contributed by atoms with van der Waals surface area (Å²) in [5.74, 6) is -1.04. The van der Waals surface area contributed by atoms with Crippen molar-refractivity contribution in [2.75, 3.05) is 0 Å². The molecule has 0 unspecified atom stereocenters. The molecule has 21 heavy (non-hydrogen) atoms. The van der Waals surface area contributed by atoms with Gasteiger partial charge in [-0.15, -0.1) is 0 Å². The maximum atomic E-state index is 13.0. The van der Waals surface area contributed by atoms with Crippen LogP contribution in [-0.4, -0.2) is 16.0 Å². The molecule has 0 aliphatic rings. The molecule has 0 fully saturated rings. The smallest absolute Gasteiger partial charge is 0.196 e. The maximum absolute atomic E-state index is 13.0. The van der Waals surface area contributed by atoms with Gasteiger partial charge in [-0.25, -0.2) is 8.78 Å². The van der Waals surface area contributed by atoms with Gasteiger partial charge in [0.15, 0.2) is 5.78 Å². The van der Waals surface area contributed by atoms with Crippen molar-refractivity contribution in [2.45, 2.75) is 0 Å². The number of carbonyl (C=O) groups excluding carboxylic acids is 1. The first kappa shape index (κ1) is 13.2. The van der Waals surface area contributed by atoms with Gasteiger partial charge >= 0.3 is 0 Å². The first-order chi connectivity index (χ1) is 10.1. The van der Waals surface area contributed by atoms with Crippen molar-refractivity contribution >= 4 is 5.78 Å². The Morgan fingerprint density at radius 2 is 1.48 bits per heavy atom. The Balaban J connectivity index is 2.00. The average molecular weight is 284 g/mol. The van der Waals surface area contributed by atoms with Gasteiger partial charge in [-0.05, 0) is 48.5 Å². The summed E-state index contributed by atoms with van der Waals surface area (Å²) in [5.41, 5.74) is 1.87. The van der Waals surface area contributed by atoms with E-state index in [4.69, 9.17) is 0 Å². The molecule has 1 heterocycles. The second-order valence-corrected chi connectivity index (χ2v) is 4.50. The minimum absolute atomic E-state index is 0.275. The van der Waals surface area contributed by atoms with Crippen LogP contribution in [0.3, 0.4) is 0 Å². The largest absolute Gasteiger partial charge is 0.288 e. The fourth-order valence-corrected chi connectivity index (χ4v) is 2.05.